The van der Waals surface area contributed by atoms with Crippen molar-refractivity contribution >= 4 is 15.9 Å². The first-order chi connectivity index (χ1) is 7.69. The number of rotatable bonds is 3. The van der Waals surface area contributed by atoms with Gasteiger partial charge < -0.3 is 0 Å². The number of alkyl halides is 1. The molecule has 0 bridgehead atoms. The van der Waals surface area contributed by atoms with Crippen LogP contribution in [0.1, 0.15) is 18.4 Å². The fourth-order valence-corrected chi connectivity index (χ4v) is 2.95. The summed E-state index contributed by atoms with van der Waals surface area (Å²) in [6.07, 6.45) is 2.32. The summed E-state index contributed by atoms with van der Waals surface area (Å²) in [7, 11) is 0. The van der Waals surface area contributed by atoms with E-state index < -0.39 is 11.6 Å². The van der Waals surface area contributed by atoms with E-state index in [0.717, 1.165) is 30.8 Å². The van der Waals surface area contributed by atoms with Crippen molar-refractivity contribution in [3.05, 3.63) is 35.4 Å². The molecule has 1 heterocycles. The highest BCUT2D eigenvalue weighted by atomic mass is 79.9. The van der Waals surface area contributed by atoms with Crippen molar-refractivity contribution in [2.45, 2.75) is 25.4 Å². The maximum absolute atomic E-state index is 13.0. The van der Waals surface area contributed by atoms with Crippen LogP contribution < -0.4 is 0 Å². The molecule has 0 radical (unpaired) electrons. The molecule has 1 aromatic carbocycles. The van der Waals surface area contributed by atoms with Crippen LogP contribution in [0.25, 0.3) is 0 Å². The van der Waals surface area contributed by atoms with Gasteiger partial charge in [0.2, 0.25) is 0 Å². The number of benzene rings is 1. The summed E-state index contributed by atoms with van der Waals surface area (Å²) >= 11 is 3.47. The molecule has 0 aliphatic carbocycles. The molecule has 1 fully saturated rings. The molecule has 0 amide bonds. The molecule has 1 unspecified atom stereocenters. The van der Waals surface area contributed by atoms with Gasteiger partial charge in [-0.1, -0.05) is 15.9 Å². The largest absolute Gasteiger partial charge is 0.295 e. The van der Waals surface area contributed by atoms with Crippen LogP contribution >= 0.6 is 15.9 Å². The molecule has 0 aromatic heterocycles. The second-order valence-corrected chi connectivity index (χ2v) is 4.85. The third-order valence-electron chi connectivity index (χ3n) is 2.99. The van der Waals surface area contributed by atoms with Crippen molar-refractivity contribution < 1.29 is 8.78 Å². The third-order valence-corrected chi connectivity index (χ3v) is 3.73. The fraction of sp³-hybridized carbons (Fsp3) is 0.500. The molecule has 88 valence electrons. The van der Waals surface area contributed by atoms with Gasteiger partial charge in [0.1, 0.15) is 11.6 Å². The third kappa shape index (κ3) is 2.80. The molecule has 16 heavy (non-hydrogen) atoms. The first-order valence-corrected chi connectivity index (χ1v) is 6.56. The number of hydrogen-bond donors (Lipinski definition) is 0. The summed E-state index contributed by atoms with van der Waals surface area (Å²) in [5.41, 5.74) is 0.713. The van der Waals surface area contributed by atoms with Gasteiger partial charge in [0.25, 0.3) is 0 Å². The summed E-state index contributed by atoms with van der Waals surface area (Å²) in [4.78, 5) is 2.27. The van der Waals surface area contributed by atoms with E-state index in [1.807, 2.05) is 0 Å². The second kappa shape index (κ2) is 5.23. The summed E-state index contributed by atoms with van der Waals surface area (Å²) in [5.74, 6) is -0.992. The summed E-state index contributed by atoms with van der Waals surface area (Å²) in [6.45, 7) is 1.64. The number of hydrogen-bond acceptors (Lipinski definition) is 1. The van der Waals surface area contributed by atoms with Gasteiger partial charge in [-0.15, -0.1) is 0 Å². The van der Waals surface area contributed by atoms with E-state index in [0.29, 0.717) is 18.2 Å². The topological polar surface area (TPSA) is 3.24 Å². The Kier molecular flexibility index (Phi) is 3.92. The van der Waals surface area contributed by atoms with Gasteiger partial charge in [-0.2, -0.15) is 0 Å². The van der Waals surface area contributed by atoms with Crippen molar-refractivity contribution in [1.29, 1.82) is 0 Å². The monoisotopic (exact) mass is 289 g/mol. The van der Waals surface area contributed by atoms with Gasteiger partial charge in [-0.3, -0.25) is 4.90 Å². The highest BCUT2D eigenvalue weighted by Gasteiger charge is 2.23. The van der Waals surface area contributed by atoms with E-state index in [2.05, 4.69) is 20.8 Å². The minimum atomic E-state index is -0.496. The Labute approximate surface area is 103 Å². The molecule has 1 aromatic rings. The maximum Gasteiger partial charge on any atom is 0.126 e. The zero-order chi connectivity index (χ0) is 11.5. The zero-order valence-electron chi connectivity index (χ0n) is 8.93. The quantitative estimate of drug-likeness (QED) is 0.772. The SMILES string of the molecule is Fc1cc(F)cc(CN2CCCC2CBr)c1. The normalized spacial score (nSPS) is 21.6. The lowest BCUT2D eigenvalue weighted by Gasteiger charge is -2.22. The Morgan fingerprint density at radius 1 is 1.25 bits per heavy atom. The highest BCUT2D eigenvalue weighted by Crippen LogP contribution is 2.22. The summed E-state index contributed by atoms with van der Waals surface area (Å²) in [5, 5.41) is 0.921. The van der Waals surface area contributed by atoms with Crippen LogP contribution in [0.15, 0.2) is 18.2 Å². The van der Waals surface area contributed by atoms with E-state index in [1.165, 1.54) is 12.1 Å². The van der Waals surface area contributed by atoms with E-state index in [1.54, 1.807) is 0 Å². The van der Waals surface area contributed by atoms with Gasteiger partial charge in [0.15, 0.2) is 0 Å². The Balaban J connectivity index is 2.08. The van der Waals surface area contributed by atoms with Crippen LogP contribution in [0, 0.1) is 11.6 Å². The molecule has 0 spiro atoms. The molecular formula is C12H14BrF2N. The molecule has 2 rings (SSSR count). The minimum absolute atomic E-state index is 0.492. The number of nitrogens with zero attached hydrogens (tertiary/aromatic N) is 1. The number of likely N-dealkylation sites (tertiary alicyclic amines) is 1. The molecule has 4 heteroatoms. The van der Waals surface area contributed by atoms with Gasteiger partial charge in [0, 0.05) is 24.0 Å². The first-order valence-electron chi connectivity index (χ1n) is 5.44. The summed E-state index contributed by atoms with van der Waals surface area (Å²) in [6, 6.07) is 4.22. The molecular weight excluding hydrogens is 276 g/mol. The molecule has 1 nitrogen and oxygen atoms in total. The van der Waals surface area contributed by atoms with E-state index in [4.69, 9.17) is 0 Å². The smallest absolute Gasteiger partial charge is 0.126 e. The predicted octanol–water partition coefficient (Wildman–Crippen LogP) is 3.32. The van der Waals surface area contributed by atoms with Crippen molar-refractivity contribution in [2.75, 3.05) is 11.9 Å². The molecule has 1 atom stereocenters. The van der Waals surface area contributed by atoms with Crippen LogP contribution in [0.4, 0.5) is 8.78 Å². The van der Waals surface area contributed by atoms with Crippen LogP contribution in [-0.2, 0) is 6.54 Å². The fourth-order valence-electron chi connectivity index (χ4n) is 2.21. The summed E-state index contributed by atoms with van der Waals surface area (Å²) < 4.78 is 26.0. The Morgan fingerprint density at radius 2 is 1.94 bits per heavy atom. The minimum Gasteiger partial charge on any atom is -0.295 e. The van der Waals surface area contributed by atoms with Crippen molar-refractivity contribution in [3.63, 3.8) is 0 Å². The average molecular weight is 290 g/mol. The molecule has 0 saturated carbocycles. The molecule has 1 saturated heterocycles. The predicted molar refractivity (Wildman–Crippen MR) is 63.6 cm³/mol. The van der Waals surface area contributed by atoms with Crippen LogP contribution in [-0.4, -0.2) is 22.8 Å². The van der Waals surface area contributed by atoms with Gasteiger partial charge in [-0.05, 0) is 37.1 Å². The maximum atomic E-state index is 13.0. The lowest BCUT2D eigenvalue weighted by atomic mass is 10.2. The van der Waals surface area contributed by atoms with Crippen LogP contribution in [0.2, 0.25) is 0 Å². The lowest BCUT2D eigenvalue weighted by Crippen LogP contribution is -2.30. The van der Waals surface area contributed by atoms with E-state index >= 15 is 0 Å². The van der Waals surface area contributed by atoms with Gasteiger partial charge >= 0.3 is 0 Å². The Morgan fingerprint density at radius 3 is 2.56 bits per heavy atom. The van der Waals surface area contributed by atoms with Crippen molar-refractivity contribution in [1.82, 2.24) is 4.90 Å². The average Bonchev–Trinajstić information content (AvgIpc) is 2.63. The number of halogens is 3. The van der Waals surface area contributed by atoms with Crippen LogP contribution in [0.5, 0.6) is 0 Å². The Hall–Kier alpha value is -0.480. The van der Waals surface area contributed by atoms with Crippen molar-refractivity contribution in [3.8, 4) is 0 Å². The van der Waals surface area contributed by atoms with Gasteiger partial charge in [0.05, 0.1) is 0 Å². The first kappa shape index (κ1) is 12.0. The molecule has 0 N–H and O–H groups in total. The van der Waals surface area contributed by atoms with E-state index in [9.17, 15) is 8.78 Å². The van der Waals surface area contributed by atoms with Crippen molar-refractivity contribution in [2.24, 2.45) is 0 Å². The van der Waals surface area contributed by atoms with Gasteiger partial charge in [-0.25, -0.2) is 8.78 Å². The standard InChI is InChI=1S/C12H14BrF2N/c13-7-12-2-1-3-16(12)8-9-4-10(14)6-11(15)5-9/h4-6,12H,1-3,7-8H2. The zero-order valence-corrected chi connectivity index (χ0v) is 10.5. The lowest BCUT2D eigenvalue weighted by molar-refractivity contribution is 0.264. The molecule has 1 aliphatic heterocycles. The van der Waals surface area contributed by atoms with Crippen LogP contribution in [0.3, 0.4) is 0 Å². The van der Waals surface area contributed by atoms with E-state index in [-0.39, 0.29) is 0 Å². The Bertz CT molecular complexity index is 350. The second-order valence-electron chi connectivity index (χ2n) is 4.20. The molecule has 1 aliphatic rings. The highest BCUT2D eigenvalue weighted by molar-refractivity contribution is 9.09.